The number of hydrogen-bond donors (Lipinski definition) is 4. The van der Waals surface area contributed by atoms with Crippen molar-refractivity contribution < 1.29 is 4.90 Å². The zero-order valence-electron chi connectivity index (χ0n) is 17.3. The summed E-state index contributed by atoms with van der Waals surface area (Å²) in [7, 11) is 2.15. The summed E-state index contributed by atoms with van der Waals surface area (Å²) in [5.41, 5.74) is 11.0. The van der Waals surface area contributed by atoms with Gasteiger partial charge in [-0.1, -0.05) is 39.8 Å². The summed E-state index contributed by atoms with van der Waals surface area (Å²) in [5.74, 6) is 0. The first-order valence-corrected chi connectivity index (χ1v) is 9.85. The summed E-state index contributed by atoms with van der Waals surface area (Å²) in [6.45, 7) is 9.79. The van der Waals surface area contributed by atoms with E-state index >= 15 is 0 Å². The predicted octanol–water partition coefficient (Wildman–Crippen LogP) is 4.27. The second-order valence-electron chi connectivity index (χ2n) is 5.84. The van der Waals surface area contributed by atoms with Crippen LogP contribution in [0.5, 0.6) is 0 Å². The topological polar surface area (TPSA) is 54.5 Å². The maximum absolute atomic E-state index is 5.70. The molecule has 3 rings (SSSR count). The van der Waals surface area contributed by atoms with E-state index in [0.29, 0.717) is 0 Å². The average molecular weight is 368 g/mol. The van der Waals surface area contributed by atoms with E-state index in [9.17, 15) is 0 Å². The first-order chi connectivity index (χ1) is 13.2. The van der Waals surface area contributed by atoms with Gasteiger partial charge in [0.2, 0.25) is 0 Å². The van der Waals surface area contributed by atoms with Crippen LogP contribution in [0.3, 0.4) is 0 Å². The molecule has 2 aromatic carbocycles. The minimum Gasteiger partial charge on any atom is -0.399 e. The monoisotopic (exact) mass is 367 g/mol. The molecule has 1 heterocycles. The van der Waals surface area contributed by atoms with Crippen LogP contribution in [0.1, 0.15) is 33.3 Å². The number of anilines is 3. The number of nitrogens with two attached hydrogens (primary N) is 1. The quantitative estimate of drug-likeness (QED) is 0.597. The summed E-state index contributed by atoms with van der Waals surface area (Å²) < 4.78 is 0. The van der Waals surface area contributed by atoms with Gasteiger partial charge in [-0.2, -0.15) is 0 Å². The van der Waals surface area contributed by atoms with Crippen LogP contribution in [0.25, 0.3) is 0 Å². The Morgan fingerprint density at radius 3 is 2.30 bits per heavy atom. The van der Waals surface area contributed by atoms with Crippen LogP contribution >= 0.6 is 0 Å². The van der Waals surface area contributed by atoms with Crippen LogP contribution < -0.4 is 21.3 Å². The molecule has 0 saturated heterocycles. The minimum absolute atomic E-state index is 0.779. The summed E-state index contributed by atoms with van der Waals surface area (Å²) in [5, 5.41) is 6.87. The van der Waals surface area contributed by atoms with Crippen molar-refractivity contribution in [1.29, 1.82) is 0 Å². The van der Waals surface area contributed by atoms with Gasteiger partial charge in [0.1, 0.15) is 6.54 Å². The molecule has 1 atom stereocenters. The van der Waals surface area contributed by atoms with Gasteiger partial charge >= 0.3 is 0 Å². The fourth-order valence-corrected chi connectivity index (χ4v) is 2.46. The Hall–Kier alpha value is -2.72. The lowest BCUT2D eigenvalue weighted by molar-refractivity contribution is -0.818. The fraction of sp³-hybridized carbons (Fsp3) is 0.304. The zero-order chi connectivity index (χ0) is 20.1. The molecule has 1 aliphatic heterocycles. The average Bonchev–Trinajstić information content (AvgIpc) is 2.73. The van der Waals surface area contributed by atoms with E-state index in [1.807, 2.05) is 52.0 Å². The van der Waals surface area contributed by atoms with Gasteiger partial charge in [0, 0.05) is 35.4 Å². The molecule has 0 amide bonds. The molecule has 27 heavy (non-hydrogen) atoms. The van der Waals surface area contributed by atoms with Crippen molar-refractivity contribution in [2.75, 3.05) is 30.0 Å². The number of hydrogen-bond acceptors (Lipinski definition) is 3. The van der Waals surface area contributed by atoms with Crippen molar-refractivity contribution in [3.05, 3.63) is 78.1 Å². The highest BCUT2D eigenvalue weighted by atomic mass is 15.1. The molecule has 1 aliphatic rings. The lowest BCUT2D eigenvalue weighted by Crippen LogP contribution is -3.04. The molecule has 0 fully saturated rings. The number of rotatable bonds is 5. The Kier molecular flexibility index (Phi) is 10.4. The van der Waals surface area contributed by atoms with E-state index < -0.39 is 0 Å². The molecular weight excluding hydrogens is 332 g/mol. The Bertz CT molecular complexity index is 717. The molecule has 146 valence electrons. The predicted molar refractivity (Wildman–Crippen MR) is 120 cm³/mol. The van der Waals surface area contributed by atoms with Gasteiger partial charge in [0.15, 0.2) is 0 Å². The second-order valence-corrected chi connectivity index (χ2v) is 5.84. The first-order valence-electron chi connectivity index (χ1n) is 9.85. The van der Waals surface area contributed by atoms with E-state index in [0.717, 1.165) is 35.8 Å². The van der Waals surface area contributed by atoms with Crippen LogP contribution in [-0.4, -0.2) is 13.6 Å². The van der Waals surface area contributed by atoms with Crippen molar-refractivity contribution in [3.8, 4) is 0 Å². The van der Waals surface area contributed by atoms with Crippen molar-refractivity contribution in [2.45, 2.75) is 34.2 Å². The third kappa shape index (κ3) is 8.01. The zero-order valence-corrected chi connectivity index (χ0v) is 17.3. The molecular formula is C23H35N4+. The molecule has 1 unspecified atom stereocenters. The Morgan fingerprint density at radius 1 is 0.963 bits per heavy atom. The van der Waals surface area contributed by atoms with Crippen LogP contribution in [0.4, 0.5) is 17.1 Å². The molecule has 0 aliphatic carbocycles. The molecule has 4 nitrogen and oxygen atoms in total. The van der Waals surface area contributed by atoms with Crippen molar-refractivity contribution in [3.63, 3.8) is 0 Å². The van der Waals surface area contributed by atoms with E-state index in [-0.39, 0.29) is 0 Å². The molecule has 0 radical (unpaired) electrons. The highest BCUT2D eigenvalue weighted by Gasteiger charge is 2.04. The summed E-state index contributed by atoms with van der Waals surface area (Å²) in [6.07, 6.45) is 6.50. The van der Waals surface area contributed by atoms with Gasteiger partial charge in [0.25, 0.3) is 0 Å². The van der Waals surface area contributed by atoms with Gasteiger partial charge < -0.3 is 21.3 Å². The van der Waals surface area contributed by atoms with Gasteiger partial charge in [0.05, 0.1) is 13.2 Å². The van der Waals surface area contributed by atoms with E-state index in [4.69, 9.17) is 5.73 Å². The number of allylic oxidation sites excluding steroid dienone is 1. The SMILES string of the molecule is CC.CC.C[NH+]1C=CC(Nc2cccc(CNc3ccc(N)cc3)c2)=CC1. The van der Waals surface area contributed by atoms with Crippen molar-refractivity contribution >= 4 is 17.1 Å². The van der Waals surface area contributed by atoms with E-state index in [2.05, 4.69) is 60.3 Å². The van der Waals surface area contributed by atoms with Gasteiger partial charge in [-0.25, -0.2) is 0 Å². The summed E-state index contributed by atoms with van der Waals surface area (Å²) in [6, 6.07) is 16.3. The Balaban J connectivity index is 0.000000855. The van der Waals surface area contributed by atoms with Crippen LogP contribution in [0, 0.1) is 0 Å². The summed E-state index contributed by atoms with van der Waals surface area (Å²) >= 11 is 0. The van der Waals surface area contributed by atoms with E-state index in [1.54, 1.807) is 0 Å². The third-order valence-electron chi connectivity index (χ3n) is 3.81. The number of likely N-dealkylation sites (N-methyl/N-ethyl adjacent to an activating group) is 1. The maximum Gasteiger partial charge on any atom is 0.102 e. The standard InChI is InChI=1S/C19H22N4.2C2H6/c1-23-11-9-18(10-12-23)22-19-4-2-3-15(13-19)14-21-17-7-5-16(20)6-8-17;2*1-2/h2-11,13,21-22H,12,14,20H2,1H3;2*1-2H3/p+1. The normalized spacial score (nSPS) is 14.7. The molecule has 0 bridgehead atoms. The van der Waals surface area contributed by atoms with Crippen molar-refractivity contribution in [1.82, 2.24) is 0 Å². The number of nitrogens with one attached hydrogen (secondary N) is 3. The van der Waals surface area contributed by atoms with Crippen LogP contribution in [-0.2, 0) is 6.54 Å². The third-order valence-corrected chi connectivity index (χ3v) is 3.81. The lowest BCUT2D eigenvalue weighted by atomic mass is 10.2. The Morgan fingerprint density at radius 2 is 1.67 bits per heavy atom. The molecule has 0 saturated carbocycles. The smallest absolute Gasteiger partial charge is 0.102 e. The highest BCUT2D eigenvalue weighted by Crippen LogP contribution is 2.16. The van der Waals surface area contributed by atoms with Crippen LogP contribution in [0.2, 0.25) is 0 Å². The van der Waals surface area contributed by atoms with Gasteiger partial charge in [-0.15, -0.1) is 0 Å². The minimum atomic E-state index is 0.779. The van der Waals surface area contributed by atoms with Crippen LogP contribution in [0.15, 0.2) is 72.6 Å². The van der Waals surface area contributed by atoms with Gasteiger partial charge in [-0.05, 0) is 48.0 Å². The highest BCUT2D eigenvalue weighted by molar-refractivity contribution is 5.54. The van der Waals surface area contributed by atoms with E-state index in [1.165, 1.54) is 10.5 Å². The fourth-order valence-electron chi connectivity index (χ4n) is 2.46. The Labute approximate surface area is 164 Å². The number of nitrogen functional groups attached to an aromatic ring is 1. The molecule has 2 aromatic rings. The summed E-state index contributed by atoms with van der Waals surface area (Å²) in [4.78, 5) is 1.39. The lowest BCUT2D eigenvalue weighted by Gasteiger charge is -2.15. The molecule has 5 N–H and O–H groups in total. The largest absolute Gasteiger partial charge is 0.399 e. The van der Waals surface area contributed by atoms with Crippen molar-refractivity contribution in [2.24, 2.45) is 0 Å². The number of benzene rings is 2. The number of quaternary nitrogens is 1. The maximum atomic E-state index is 5.70. The second kappa shape index (κ2) is 12.6. The first kappa shape index (κ1) is 22.3. The molecule has 0 aromatic heterocycles. The van der Waals surface area contributed by atoms with Gasteiger partial charge in [-0.3, -0.25) is 0 Å². The molecule has 4 heteroatoms. The molecule has 0 spiro atoms.